The number of hydrogen-bond acceptors (Lipinski definition) is 8. The second kappa shape index (κ2) is 11.2. The van der Waals surface area contributed by atoms with Crippen molar-refractivity contribution in [3.63, 3.8) is 0 Å². The molecule has 216 valence electrons. The lowest BCUT2D eigenvalue weighted by atomic mass is 10.1. The molecule has 3 aromatic heterocycles. The van der Waals surface area contributed by atoms with Gasteiger partial charge in [0.15, 0.2) is 11.2 Å². The summed E-state index contributed by atoms with van der Waals surface area (Å²) >= 11 is 0. The molecule has 0 unspecified atom stereocenters. The van der Waals surface area contributed by atoms with Crippen molar-refractivity contribution in [3.05, 3.63) is 69.3 Å². The zero-order valence-electron chi connectivity index (χ0n) is 24.1. The molecule has 5 rings (SSSR count). The number of aryl methyl sites for hydroxylation is 1. The van der Waals surface area contributed by atoms with Crippen LogP contribution in [0.25, 0.3) is 22.1 Å². The largest absolute Gasteiger partial charge is 0.444 e. The van der Waals surface area contributed by atoms with Crippen LogP contribution >= 0.6 is 0 Å². The highest BCUT2D eigenvalue weighted by molar-refractivity contribution is 5.77. The average molecular weight is 561 g/mol. The number of nitrogens with zero attached hydrogens (tertiary/aromatic N) is 7. The third-order valence-corrected chi connectivity index (χ3v) is 7.00. The van der Waals surface area contributed by atoms with E-state index in [-0.39, 0.29) is 12.6 Å². The second-order valence-electron chi connectivity index (χ2n) is 11.3. The van der Waals surface area contributed by atoms with E-state index >= 15 is 0 Å². The number of alkyl carbamates (subject to hydrolysis) is 1. The maximum Gasteiger partial charge on any atom is 0.407 e. The first-order chi connectivity index (χ1) is 19.6. The molecule has 4 heterocycles. The number of piperidine rings is 1. The van der Waals surface area contributed by atoms with Crippen molar-refractivity contribution < 1.29 is 9.53 Å². The van der Waals surface area contributed by atoms with Crippen LogP contribution in [0, 0.1) is 0 Å². The Labute approximate surface area is 237 Å². The molecule has 0 saturated carbocycles. The van der Waals surface area contributed by atoms with E-state index in [1.807, 2.05) is 68.7 Å². The maximum atomic E-state index is 13.9. The highest BCUT2D eigenvalue weighted by Gasteiger charge is 2.29. The second-order valence-corrected chi connectivity index (χ2v) is 11.3. The number of hydrogen-bond donors (Lipinski definition) is 1. The standard InChI is InChI=1S/C29H36N8O4/c1-6-7-15-36-23-24(33-26(36)35-14-10-12-20(17-35)31-27(39)41-29(2,3)4)34(5)28(40)37(25(23)38)18-22-30-16-19-11-8-9-13-21(19)32-22/h6-9,11,13,16,20H,10,12,14-15,17-18H2,1-5H3,(H,31,39)/t20-/m1/s1. The van der Waals surface area contributed by atoms with E-state index in [1.165, 1.54) is 4.57 Å². The van der Waals surface area contributed by atoms with Crippen LogP contribution in [0.4, 0.5) is 10.7 Å². The molecule has 0 aliphatic carbocycles. The predicted octanol–water partition coefficient (Wildman–Crippen LogP) is 2.96. The number of benzene rings is 1. The summed E-state index contributed by atoms with van der Waals surface area (Å²) in [6.45, 7) is 8.90. The molecule has 41 heavy (non-hydrogen) atoms. The van der Waals surface area contributed by atoms with Gasteiger partial charge >= 0.3 is 11.8 Å². The molecule has 0 bridgehead atoms. The Bertz CT molecular complexity index is 1740. The summed E-state index contributed by atoms with van der Waals surface area (Å²) in [7, 11) is 1.61. The fourth-order valence-electron chi connectivity index (χ4n) is 5.10. The lowest BCUT2D eigenvalue weighted by Crippen LogP contribution is -2.49. The number of imidazole rings is 1. The van der Waals surface area contributed by atoms with Crippen LogP contribution in [0.5, 0.6) is 0 Å². The number of rotatable bonds is 6. The molecule has 1 amide bonds. The number of aromatic nitrogens is 6. The zero-order chi connectivity index (χ0) is 29.3. The molecule has 1 fully saturated rings. The Kier molecular flexibility index (Phi) is 7.65. The van der Waals surface area contributed by atoms with Crippen LogP contribution in [0.15, 0.2) is 52.2 Å². The molecule has 12 nitrogen and oxygen atoms in total. The number of allylic oxidation sites excluding steroid dienone is 2. The summed E-state index contributed by atoms with van der Waals surface area (Å²) in [5.74, 6) is 0.940. The Morgan fingerprint density at radius 3 is 2.71 bits per heavy atom. The molecule has 1 aliphatic rings. The van der Waals surface area contributed by atoms with Gasteiger partial charge < -0.3 is 19.5 Å². The third-order valence-electron chi connectivity index (χ3n) is 7.00. The van der Waals surface area contributed by atoms with Gasteiger partial charge in [-0.2, -0.15) is 4.98 Å². The minimum atomic E-state index is -0.596. The SMILES string of the molecule is CC=CCn1c(N2CCC[C@@H](NC(=O)OC(C)(C)C)C2)nc2c1c(=O)n(Cc1ncc3ccccc3n1)c(=O)n2C. The van der Waals surface area contributed by atoms with Gasteiger partial charge in [0.05, 0.1) is 12.1 Å². The number of amides is 1. The van der Waals surface area contributed by atoms with E-state index in [2.05, 4.69) is 20.2 Å². The first kappa shape index (κ1) is 28.1. The Morgan fingerprint density at radius 2 is 1.95 bits per heavy atom. The maximum absolute atomic E-state index is 13.9. The Balaban J connectivity index is 1.53. The summed E-state index contributed by atoms with van der Waals surface area (Å²) in [5.41, 5.74) is -0.182. The van der Waals surface area contributed by atoms with Crippen molar-refractivity contribution in [3.8, 4) is 0 Å². The molecule has 1 aliphatic heterocycles. The number of fused-ring (bicyclic) bond motifs is 2. The van der Waals surface area contributed by atoms with Gasteiger partial charge in [-0.3, -0.25) is 13.9 Å². The van der Waals surface area contributed by atoms with Gasteiger partial charge in [-0.05, 0) is 46.6 Å². The number of carbonyl (C=O) groups is 1. The van der Waals surface area contributed by atoms with Crippen molar-refractivity contribution in [2.24, 2.45) is 7.05 Å². The van der Waals surface area contributed by atoms with Crippen molar-refractivity contribution >= 4 is 34.1 Å². The third kappa shape index (κ3) is 5.86. The summed E-state index contributed by atoms with van der Waals surface area (Å²) < 4.78 is 9.84. The number of nitrogens with one attached hydrogen (secondary N) is 1. The fraction of sp³-hybridized carbons (Fsp3) is 0.448. The number of ether oxygens (including phenoxy) is 1. The lowest BCUT2D eigenvalue weighted by molar-refractivity contribution is 0.0499. The van der Waals surface area contributed by atoms with E-state index < -0.39 is 22.9 Å². The fourth-order valence-corrected chi connectivity index (χ4v) is 5.10. The summed E-state index contributed by atoms with van der Waals surface area (Å²) in [6.07, 6.45) is 6.68. The molecular formula is C29H36N8O4. The average Bonchev–Trinajstić information content (AvgIpc) is 3.32. The molecule has 0 spiro atoms. The number of anilines is 1. The van der Waals surface area contributed by atoms with Crippen molar-refractivity contribution in [2.45, 2.75) is 65.3 Å². The van der Waals surface area contributed by atoms with Gasteiger partial charge in [0.2, 0.25) is 5.95 Å². The molecule has 0 radical (unpaired) electrons. The van der Waals surface area contributed by atoms with Gasteiger partial charge in [0, 0.05) is 44.3 Å². The summed E-state index contributed by atoms with van der Waals surface area (Å²) in [6, 6.07) is 7.41. The first-order valence-electron chi connectivity index (χ1n) is 13.8. The van der Waals surface area contributed by atoms with Crippen LogP contribution in [0.2, 0.25) is 0 Å². The molecule has 1 N–H and O–H groups in total. The van der Waals surface area contributed by atoms with Gasteiger partial charge in [-0.25, -0.2) is 19.6 Å². The van der Waals surface area contributed by atoms with Crippen molar-refractivity contribution in [1.82, 2.24) is 34.0 Å². The van der Waals surface area contributed by atoms with Crippen molar-refractivity contribution in [2.75, 3.05) is 18.0 Å². The minimum absolute atomic E-state index is 0.0675. The zero-order valence-corrected chi connectivity index (χ0v) is 24.1. The van der Waals surface area contributed by atoms with E-state index in [0.29, 0.717) is 42.6 Å². The van der Waals surface area contributed by atoms with Gasteiger partial charge in [0.25, 0.3) is 5.56 Å². The normalized spacial score (nSPS) is 16.1. The number of carbonyl (C=O) groups excluding carboxylic acids is 1. The number of para-hydroxylation sites is 1. The van der Waals surface area contributed by atoms with Gasteiger partial charge in [-0.1, -0.05) is 30.4 Å². The first-order valence-corrected chi connectivity index (χ1v) is 13.8. The summed E-state index contributed by atoms with van der Waals surface area (Å²) in [5, 5.41) is 3.84. The van der Waals surface area contributed by atoms with E-state index in [9.17, 15) is 14.4 Å². The lowest BCUT2D eigenvalue weighted by Gasteiger charge is -2.34. The van der Waals surface area contributed by atoms with Crippen molar-refractivity contribution in [1.29, 1.82) is 0 Å². The smallest absolute Gasteiger partial charge is 0.407 e. The molecule has 1 atom stereocenters. The van der Waals surface area contributed by atoms with E-state index in [0.717, 1.165) is 28.3 Å². The van der Waals surface area contributed by atoms with E-state index in [1.54, 1.807) is 13.2 Å². The molecule has 12 heteroatoms. The van der Waals surface area contributed by atoms with E-state index in [4.69, 9.17) is 9.72 Å². The van der Waals surface area contributed by atoms with Crippen LogP contribution < -0.4 is 21.5 Å². The predicted molar refractivity (Wildman–Crippen MR) is 157 cm³/mol. The minimum Gasteiger partial charge on any atom is -0.444 e. The van der Waals surface area contributed by atoms with Gasteiger partial charge in [-0.15, -0.1) is 0 Å². The molecule has 4 aromatic rings. The van der Waals surface area contributed by atoms with Gasteiger partial charge in [0.1, 0.15) is 11.4 Å². The molecule has 1 aromatic carbocycles. The van der Waals surface area contributed by atoms with Crippen LogP contribution in [-0.4, -0.2) is 59.5 Å². The summed E-state index contributed by atoms with van der Waals surface area (Å²) in [4.78, 5) is 55.6. The molecule has 1 saturated heterocycles. The highest BCUT2D eigenvalue weighted by Crippen LogP contribution is 2.24. The van der Waals surface area contributed by atoms with Crippen LogP contribution in [0.1, 0.15) is 46.4 Å². The topological polar surface area (TPSA) is 129 Å². The quantitative estimate of drug-likeness (QED) is 0.357. The highest BCUT2D eigenvalue weighted by atomic mass is 16.6. The molecular weight excluding hydrogens is 524 g/mol. The Morgan fingerprint density at radius 1 is 1.17 bits per heavy atom. The van der Waals surface area contributed by atoms with Crippen LogP contribution in [-0.2, 0) is 24.9 Å². The monoisotopic (exact) mass is 560 g/mol. The van der Waals surface area contributed by atoms with Crippen LogP contribution in [0.3, 0.4) is 0 Å². The Hall–Kier alpha value is -4.48.